The summed E-state index contributed by atoms with van der Waals surface area (Å²) in [6.07, 6.45) is 0. The van der Waals surface area contributed by atoms with Gasteiger partial charge in [-0.05, 0) is 24.1 Å². The lowest BCUT2D eigenvalue weighted by molar-refractivity contribution is 0.102. The Morgan fingerprint density at radius 2 is 2.15 bits per heavy atom. The van der Waals surface area contributed by atoms with Gasteiger partial charge in [0.2, 0.25) is 0 Å². The number of ether oxygens (including phenoxy) is 1. The number of H-pyrrole nitrogens is 1. The molecule has 1 aromatic carbocycles. The zero-order valence-electron chi connectivity index (χ0n) is 11.5. The Hall–Kier alpha value is -1.82. The number of methoxy groups -OCH3 is 1. The van der Waals surface area contributed by atoms with Crippen molar-refractivity contribution in [1.82, 2.24) is 10.2 Å². The Labute approximate surface area is 125 Å². The first kappa shape index (κ1) is 14.6. The molecule has 0 bridgehead atoms. The van der Waals surface area contributed by atoms with Crippen LogP contribution in [-0.2, 0) is 0 Å². The normalized spacial score (nSPS) is 10.7. The van der Waals surface area contributed by atoms with E-state index in [-0.39, 0.29) is 5.91 Å². The second kappa shape index (κ2) is 6.09. The largest absolute Gasteiger partial charge is 0.496 e. The third-order valence-corrected chi connectivity index (χ3v) is 3.36. The first-order valence-electron chi connectivity index (χ1n) is 6.21. The van der Waals surface area contributed by atoms with Crippen LogP contribution in [0, 0.1) is 0 Å². The van der Waals surface area contributed by atoms with Crippen molar-refractivity contribution in [3.8, 4) is 5.75 Å². The van der Waals surface area contributed by atoms with Gasteiger partial charge in [-0.1, -0.05) is 29.8 Å². The monoisotopic (exact) mass is 337 g/mol. The molecule has 2 N–H and O–H groups in total. The molecule has 1 heterocycles. The molecule has 1 amide bonds. The fraction of sp³-hybridized carbons (Fsp3) is 0.286. The van der Waals surface area contributed by atoms with Gasteiger partial charge in [0, 0.05) is 16.2 Å². The number of amides is 1. The number of benzene rings is 1. The van der Waals surface area contributed by atoms with Crippen LogP contribution in [0.3, 0.4) is 0 Å². The zero-order valence-corrected chi connectivity index (χ0v) is 13.1. The summed E-state index contributed by atoms with van der Waals surface area (Å²) >= 11 is 3.34. The van der Waals surface area contributed by atoms with Gasteiger partial charge in [-0.15, -0.1) is 0 Å². The highest BCUT2D eigenvalue weighted by atomic mass is 79.9. The van der Waals surface area contributed by atoms with Crippen LogP contribution < -0.4 is 10.1 Å². The van der Waals surface area contributed by atoms with E-state index in [1.165, 1.54) is 7.11 Å². The van der Waals surface area contributed by atoms with E-state index < -0.39 is 0 Å². The minimum atomic E-state index is -0.254. The number of carbonyl (C=O) groups excluding carboxylic acids is 1. The molecule has 0 atom stereocenters. The fourth-order valence-corrected chi connectivity index (χ4v) is 2.07. The molecular weight excluding hydrogens is 322 g/mol. The van der Waals surface area contributed by atoms with Gasteiger partial charge in [0.05, 0.1) is 12.7 Å². The molecule has 0 aliphatic heterocycles. The highest BCUT2D eigenvalue weighted by Gasteiger charge is 2.14. The first-order chi connectivity index (χ1) is 9.51. The van der Waals surface area contributed by atoms with Gasteiger partial charge in [0.1, 0.15) is 5.75 Å². The number of aromatic nitrogens is 2. The van der Waals surface area contributed by atoms with E-state index in [2.05, 4.69) is 45.3 Å². The third-order valence-electron chi connectivity index (χ3n) is 2.87. The van der Waals surface area contributed by atoms with E-state index in [9.17, 15) is 4.79 Å². The number of hydrogen-bond acceptors (Lipinski definition) is 3. The minimum absolute atomic E-state index is 0.254. The zero-order chi connectivity index (χ0) is 14.7. The van der Waals surface area contributed by atoms with Crippen LogP contribution in [0.2, 0.25) is 0 Å². The van der Waals surface area contributed by atoms with Crippen LogP contribution in [-0.4, -0.2) is 23.2 Å². The molecule has 0 saturated heterocycles. The molecule has 0 aliphatic rings. The van der Waals surface area contributed by atoms with Crippen LogP contribution >= 0.6 is 15.9 Å². The third kappa shape index (κ3) is 3.19. The Morgan fingerprint density at radius 1 is 1.40 bits per heavy atom. The molecule has 5 nitrogen and oxygen atoms in total. The summed E-state index contributed by atoms with van der Waals surface area (Å²) in [5, 5.41) is 9.72. The summed E-state index contributed by atoms with van der Waals surface area (Å²) in [5.41, 5.74) is 1.44. The van der Waals surface area contributed by atoms with E-state index in [0.29, 0.717) is 23.0 Å². The molecule has 0 aliphatic carbocycles. The number of hydrogen-bond donors (Lipinski definition) is 2. The average Bonchev–Trinajstić information content (AvgIpc) is 2.87. The number of halogens is 1. The predicted octanol–water partition coefficient (Wildman–Crippen LogP) is 3.56. The van der Waals surface area contributed by atoms with Gasteiger partial charge in [0.15, 0.2) is 5.82 Å². The van der Waals surface area contributed by atoms with Gasteiger partial charge in [0.25, 0.3) is 5.91 Å². The maximum Gasteiger partial charge on any atom is 0.260 e. The van der Waals surface area contributed by atoms with E-state index in [4.69, 9.17) is 4.74 Å². The Kier molecular flexibility index (Phi) is 4.44. The first-order valence-corrected chi connectivity index (χ1v) is 7.00. The lowest BCUT2D eigenvalue weighted by Crippen LogP contribution is -2.13. The molecular formula is C14H16BrN3O2. The van der Waals surface area contributed by atoms with Gasteiger partial charge < -0.3 is 10.1 Å². The van der Waals surface area contributed by atoms with Crippen LogP contribution in [0.4, 0.5) is 5.82 Å². The fourth-order valence-electron chi connectivity index (χ4n) is 1.73. The van der Waals surface area contributed by atoms with Gasteiger partial charge >= 0.3 is 0 Å². The number of carbonyl (C=O) groups is 1. The highest BCUT2D eigenvalue weighted by molar-refractivity contribution is 9.10. The van der Waals surface area contributed by atoms with E-state index in [0.717, 1.165) is 10.2 Å². The lowest BCUT2D eigenvalue weighted by Gasteiger charge is -2.08. The quantitative estimate of drug-likeness (QED) is 0.896. The number of aromatic amines is 1. The number of nitrogens with zero attached hydrogens (tertiary/aromatic N) is 1. The molecule has 2 aromatic rings. The topological polar surface area (TPSA) is 67.0 Å². The summed E-state index contributed by atoms with van der Waals surface area (Å²) in [4.78, 5) is 12.2. The second-order valence-corrected chi connectivity index (χ2v) is 5.58. The summed E-state index contributed by atoms with van der Waals surface area (Å²) < 4.78 is 6.06. The van der Waals surface area contributed by atoms with Crippen LogP contribution in [0.5, 0.6) is 5.75 Å². The maximum atomic E-state index is 12.2. The van der Waals surface area contributed by atoms with Crippen molar-refractivity contribution >= 4 is 27.7 Å². The van der Waals surface area contributed by atoms with Crippen LogP contribution in [0.25, 0.3) is 0 Å². The van der Waals surface area contributed by atoms with E-state index >= 15 is 0 Å². The van der Waals surface area contributed by atoms with Gasteiger partial charge in [-0.2, -0.15) is 5.10 Å². The van der Waals surface area contributed by atoms with Crippen molar-refractivity contribution in [3.05, 3.63) is 40.0 Å². The van der Waals surface area contributed by atoms with Crippen LogP contribution in [0.1, 0.15) is 35.8 Å². The van der Waals surface area contributed by atoms with Crippen molar-refractivity contribution in [2.24, 2.45) is 0 Å². The Morgan fingerprint density at radius 3 is 2.75 bits per heavy atom. The lowest BCUT2D eigenvalue weighted by atomic mass is 10.1. The minimum Gasteiger partial charge on any atom is -0.496 e. The van der Waals surface area contributed by atoms with Crippen molar-refractivity contribution in [2.75, 3.05) is 12.4 Å². The molecule has 1 aromatic heterocycles. The predicted molar refractivity (Wildman–Crippen MR) is 81.3 cm³/mol. The average molecular weight is 338 g/mol. The molecule has 106 valence electrons. The summed E-state index contributed by atoms with van der Waals surface area (Å²) in [5.74, 6) is 1.09. The summed E-state index contributed by atoms with van der Waals surface area (Å²) in [7, 11) is 1.53. The molecule has 0 spiro atoms. The van der Waals surface area contributed by atoms with Crippen molar-refractivity contribution in [1.29, 1.82) is 0 Å². The van der Waals surface area contributed by atoms with Gasteiger partial charge in [-0.25, -0.2) is 0 Å². The SMILES string of the molecule is COc1cc(Br)ccc1C(=O)Nc1cc(C(C)C)[nH]n1. The van der Waals surface area contributed by atoms with Gasteiger partial charge in [-0.3, -0.25) is 9.89 Å². The van der Waals surface area contributed by atoms with E-state index in [1.54, 1.807) is 18.2 Å². The Balaban J connectivity index is 2.19. The molecule has 0 saturated carbocycles. The number of nitrogens with one attached hydrogen (secondary N) is 2. The second-order valence-electron chi connectivity index (χ2n) is 4.66. The van der Waals surface area contributed by atoms with Crippen molar-refractivity contribution in [2.45, 2.75) is 19.8 Å². The standard InChI is InChI=1S/C14H16BrN3O2/c1-8(2)11-7-13(18-17-11)16-14(19)10-5-4-9(15)6-12(10)20-3/h4-8H,1-3H3,(H2,16,17,18,19). The molecule has 0 fully saturated rings. The van der Waals surface area contributed by atoms with Crippen LogP contribution in [0.15, 0.2) is 28.7 Å². The summed E-state index contributed by atoms with van der Waals surface area (Å²) in [6, 6.07) is 7.07. The summed E-state index contributed by atoms with van der Waals surface area (Å²) in [6.45, 7) is 4.10. The van der Waals surface area contributed by atoms with Crippen molar-refractivity contribution < 1.29 is 9.53 Å². The number of anilines is 1. The molecule has 0 unspecified atom stereocenters. The van der Waals surface area contributed by atoms with Crippen molar-refractivity contribution in [3.63, 3.8) is 0 Å². The maximum absolute atomic E-state index is 12.2. The smallest absolute Gasteiger partial charge is 0.260 e. The molecule has 20 heavy (non-hydrogen) atoms. The molecule has 6 heteroatoms. The number of rotatable bonds is 4. The molecule has 2 rings (SSSR count). The highest BCUT2D eigenvalue weighted by Crippen LogP contribution is 2.24. The molecule has 0 radical (unpaired) electrons. The van der Waals surface area contributed by atoms with E-state index in [1.807, 2.05) is 6.07 Å². The Bertz CT molecular complexity index is 623.